The molecule has 9 heteroatoms. The maximum atomic E-state index is 13.4. The van der Waals surface area contributed by atoms with Gasteiger partial charge in [-0.25, -0.2) is 9.78 Å². The van der Waals surface area contributed by atoms with Gasteiger partial charge >= 0.3 is 6.09 Å². The van der Waals surface area contributed by atoms with Gasteiger partial charge in [0.25, 0.3) is 0 Å². The van der Waals surface area contributed by atoms with Crippen LogP contribution >= 0.6 is 0 Å². The lowest BCUT2D eigenvalue weighted by atomic mass is 10.1. The average Bonchev–Trinajstić information content (AvgIpc) is 3.24. The molecule has 2 fully saturated rings. The molecule has 2 aliphatic rings. The maximum absolute atomic E-state index is 13.4. The molecule has 9 nitrogen and oxygen atoms in total. The van der Waals surface area contributed by atoms with E-state index >= 15 is 0 Å². The summed E-state index contributed by atoms with van der Waals surface area (Å²) >= 11 is 0. The highest BCUT2D eigenvalue weighted by Crippen LogP contribution is 2.28. The predicted molar refractivity (Wildman–Crippen MR) is 142 cm³/mol. The van der Waals surface area contributed by atoms with Gasteiger partial charge in [0.2, 0.25) is 5.91 Å². The zero-order valence-corrected chi connectivity index (χ0v) is 22.0. The number of hydrogen-bond donors (Lipinski definition) is 0. The van der Waals surface area contributed by atoms with E-state index in [1.54, 1.807) is 0 Å². The SMILES string of the molecule is Cn1c(-c2cccc(N3CCN(C(=O)[C@H]4COCCN4C(=O)OC(C)(C)C)CC3)c2)nc2ccccc21. The Kier molecular flexibility index (Phi) is 6.81. The third-order valence-electron chi connectivity index (χ3n) is 6.89. The number of carbonyl (C=O) groups excluding carboxylic acids is 2. The van der Waals surface area contributed by atoms with Crippen LogP contribution in [-0.4, -0.2) is 88.9 Å². The first-order valence-electron chi connectivity index (χ1n) is 12.8. The Hall–Kier alpha value is -3.59. The van der Waals surface area contributed by atoms with Gasteiger partial charge in [-0.05, 0) is 45.0 Å². The zero-order valence-electron chi connectivity index (χ0n) is 22.0. The summed E-state index contributed by atoms with van der Waals surface area (Å²) in [5.74, 6) is 0.843. The molecule has 1 atom stereocenters. The number of ether oxygens (including phenoxy) is 2. The zero-order chi connectivity index (χ0) is 26.2. The van der Waals surface area contributed by atoms with Gasteiger partial charge in [-0.1, -0.05) is 24.3 Å². The number of aryl methyl sites for hydroxylation is 1. The monoisotopic (exact) mass is 505 g/mol. The van der Waals surface area contributed by atoms with Crippen molar-refractivity contribution in [1.82, 2.24) is 19.4 Å². The normalized spacial score (nSPS) is 18.8. The van der Waals surface area contributed by atoms with E-state index in [2.05, 4.69) is 39.8 Å². The number of hydrogen-bond acceptors (Lipinski definition) is 6. The van der Waals surface area contributed by atoms with Crippen LogP contribution in [0.2, 0.25) is 0 Å². The lowest BCUT2D eigenvalue weighted by molar-refractivity contribution is -0.143. The van der Waals surface area contributed by atoms with Crippen LogP contribution in [0.25, 0.3) is 22.4 Å². The first kappa shape index (κ1) is 25.1. The Balaban J connectivity index is 1.26. The summed E-state index contributed by atoms with van der Waals surface area (Å²) < 4.78 is 13.2. The van der Waals surface area contributed by atoms with Crippen molar-refractivity contribution >= 4 is 28.7 Å². The first-order valence-corrected chi connectivity index (χ1v) is 12.8. The lowest BCUT2D eigenvalue weighted by Crippen LogP contribution is -2.60. The lowest BCUT2D eigenvalue weighted by Gasteiger charge is -2.41. The number of rotatable bonds is 3. The van der Waals surface area contributed by atoms with Crippen molar-refractivity contribution in [3.63, 3.8) is 0 Å². The molecular weight excluding hydrogens is 470 g/mol. The number of benzene rings is 2. The first-order chi connectivity index (χ1) is 17.7. The molecular formula is C28H35N5O4. The molecule has 3 heterocycles. The molecule has 196 valence electrons. The minimum Gasteiger partial charge on any atom is -0.444 e. The second kappa shape index (κ2) is 10.0. The second-order valence-corrected chi connectivity index (χ2v) is 10.6. The number of anilines is 1. The number of imidazole rings is 1. The Morgan fingerprint density at radius 2 is 1.76 bits per heavy atom. The van der Waals surface area contributed by atoms with E-state index in [1.165, 1.54) is 4.90 Å². The Bertz CT molecular complexity index is 1290. The topological polar surface area (TPSA) is 80.1 Å². The van der Waals surface area contributed by atoms with Crippen LogP contribution in [0.4, 0.5) is 10.5 Å². The van der Waals surface area contributed by atoms with Crippen molar-refractivity contribution in [2.75, 3.05) is 50.8 Å². The highest BCUT2D eigenvalue weighted by Gasteiger charge is 2.38. The van der Waals surface area contributed by atoms with Crippen LogP contribution in [-0.2, 0) is 21.3 Å². The van der Waals surface area contributed by atoms with Crippen molar-refractivity contribution in [3.8, 4) is 11.4 Å². The average molecular weight is 506 g/mol. The van der Waals surface area contributed by atoms with Crippen LogP contribution < -0.4 is 4.90 Å². The molecule has 2 aliphatic heterocycles. The molecule has 2 saturated heterocycles. The minimum atomic E-state index is -0.656. The third-order valence-corrected chi connectivity index (χ3v) is 6.89. The molecule has 0 aliphatic carbocycles. The van der Waals surface area contributed by atoms with E-state index in [4.69, 9.17) is 14.5 Å². The number of para-hydroxylation sites is 2. The molecule has 0 unspecified atom stereocenters. The van der Waals surface area contributed by atoms with Gasteiger partial charge in [0.05, 0.1) is 24.2 Å². The molecule has 1 aromatic heterocycles. The van der Waals surface area contributed by atoms with Crippen molar-refractivity contribution < 1.29 is 19.1 Å². The van der Waals surface area contributed by atoms with Crippen LogP contribution in [0.15, 0.2) is 48.5 Å². The van der Waals surface area contributed by atoms with Crippen molar-refractivity contribution in [2.45, 2.75) is 32.4 Å². The van der Waals surface area contributed by atoms with Gasteiger partial charge in [-0.2, -0.15) is 0 Å². The van der Waals surface area contributed by atoms with E-state index in [9.17, 15) is 9.59 Å². The van der Waals surface area contributed by atoms with Crippen LogP contribution in [0.3, 0.4) is 0 Å². The highest BCUT2D eigenvalue weighted by molar-refractivity contribution is 5.86. The fraction of sp³-hybridized carbons (Fsp3) is 0.464. The number of carbonyl (C=O) groups is 2. The van der Waals surface area contributed by atoms with Crippen molar-refractivity contribution in [3.05, 3.63) is 48.5 Å². The van der Waals surface area contributed by atoms with E-state index in [0.717, 1.165) is 28.1 Å². The summed E-state index contributed by atoms with van der Waals surface area (Å²) in [7, 11) is 2.04. The standard InChI is InChI=1S/C28H35N5O4/c1-28(2,3)37-27(35)33-16-17-36-19-24(33)26(34)32-14-12-31(13-15-32)21-9-7-8-20(18-21)25-29-22-10-5-6-11-23(22)30(25)4/h5-11,18,24H,12-17,19H2,1-4H3/t24-/m1/s1. The summed E-state index contributed by atoms with van der Waals surface area (Å²) in [6.07, 6.45) is -0.466. The van der Waals surface area contributed by atoms with E-state index < -0.39 is 17.7 Å². The Labute approximate surface area is 217 Å². The smallest absolute Gasteiger partial charge is 0.411 e. The van der Waals surface area contributed by atoms with Crippen molar-refractivity contribution in [2.24, 2.45) is 7.05 Å². The molecule has 0 saturated carbocycles. The quantitative estimate of drug-likeness (QED) is 0.542. The largest absolute Gasteiger partial charge is 0.444 e. The molecule has 0 N–H and O–H groups in total. The van der Waals surface area contributed by atoms with Gasteiger partial charge in [0, 0.05) is 51.0 Å². The minimum absolute atomic E-state index is 0.0846. The molecule has 0 radical (unpaired) electrons. The molecule has 0 bridgehead atoms. The maximum Gasteiger partial charge on any atom is 0.411 e. The number of fused-ring (bicyclic) bond motifs is 1. The fourth-order valence-corrected chi connectivity index (χ4v) is 4.99. The van der Waals surface area contributed by atoms with Gasteiger partial charge in [-0.3, -0.25) is 9.69 Å². The predicted octanol–water partition coefficient (Wildman–Crippen LogP) is 3.52. The summed E-state index contributed by atoms with van der Waals surface area (Å²) in [6.45, 7) is 8.99. The van der Waals surface area contributed by atoms with Crippen LogP contribution in [0.5, 0.6) is 0 Å². The Morgan fingerprint density at radius 3 is 2.49 bits per heavy atom. The second-order valence-electron chi connectivity index (χ2n) is 10.6. The summed E-state index contributed by atoms with van der Waals surface area (Å²) in [6, 6.07) is 15.9. The summed E-state index contributed by atoms with van der Waals surface area (Å²) in [5, 5.41) is 0. The van der Waals surface area contributed by atoms with Crippen LogP contribution in [0, 0.1) is 0 Å². The molecule has 3 aromatic rings. The molecule has 5 rings (SSSR count). The van der Waals surface area contributed by atoms with E-state index in [-0.39, 0.29) is 12.5 Å². The summed E-state index contributed by atoms with van der Waals surface area (Å²) in [5.41, 5.74) is 3.62. The molecule has 2 amide bonds. The number of nitrogens with zero attached hydrogens (tertiary/aromatic N) is 5. The van der Waals surface area contributed by atoms with Gasteiger partial charge < -0.3 is 23.8 Å². The summed E-state index contributed by atoms with van der Waals surface area (Å²) in [4.78, 5) is 36.6. The van der Waals surface area contributed by atoms with Crippen LogP contribution in [0.1, 0.15) is 20.8 Å². The molecule has 37 heavy (non-hydrogen) atoms. The molecule has 0 spiro atoms. The number of morpholine rings is 1. The Morgan fingerprint density at radius 1 is 1.00 bits per heavy atom. The third kappa shape index (κ3) is 5.27. The van der Waals surface area contributed by atoms with Gasteiger partial charge in [0.1, 0.15) is 17.5 Å². The highest BCUT2D eigenvalue weighted by atomic mass is 16.6. The number of piperazine rings is 1. The number of amides is 2. The van der Waals surface area contributed by atoms with Crippen molar-refractivity contribution in [1.29, 1.82) is 0 Å². The molecule has 2 aromatic carbocycles. The van der Waals surface area contributed by atoms with Gasteiger partial charge in [-0.15, -0.1) is 0 Å². The van der Waals surface area contributed by atoms with E-state index in [0.29, 0.717) is 39.3 Å². The number of aromatic nitrogens is 2. The van der Waals surface area contributed by atoms with E-state index in [1.807, 2.05) is 50.9 Å². The van der Waals surface area contributed by atoms with Gasteiger partial charge in [0.15, 0.2) is 0 Å². The fourth-order valence-electron chi connectivity index (χ4n) is 4.99.